The molecule has 0 N–H and O–H groups in total. The molecule has 0 amide bonds. The normalized spacial score (nSPS) is 10.7. The van der Waals surface area contributed by atoms with E-state index >= 15 is 0 Å². The van der Waals surface area contributed by atoms with Crippen LogP contribution in [0.2, 0.25) is 10.0 Å². The van der Waals surface area contributed by atoms with Gasteiger partial charge in [0, 0.05) is 11.8 Å². The van der Waals surface area contributed by atoms with Gasteiger partial charge in [-0.05, 0) is 29.0 Å². The summed E-state index contributed by atoms with van der Waals surface area (Å²) in [5.74, 6) is -0.383. The van der Waals surface area contributed by atoms with Gasteiger partial charge in [0.15, 0.2) is 0 Å². The lowest BCUT2D eigenvalue weighted by atomic mass is 9.99. The average molecular weight is 332 g/mol. The van der Waals surface area contributed by atoms with E-state index < -0.39 is 0 Å². The number of fused-ring (bicyclic) bond motifs is 1. The molecule has 0 atom stereocenters. The monoisotopic (exact) mass is 331 g/mol. The first-order valence-corrected chi connectivity index (χ1v) is 7.28. The average Bonchev–Trinajstić information content (AvgIpc) is 2.53. The van der Waals surface area contributed by atoms with Gasteiger partial charge in [-0.15, -0.1) is 0 Å². The van der Waals surface area contributed by atoms with Gasteiger partial charge in [-0.2, -0.15) is 0 Å². The van der Waals surface area contributed by atoms with Crippen molar-refractivity contribution in [3.63, 3.8) is 0 Å². The highest BCUT2D eigenvalue weighted by atomic mass is 35.5. The first-order chi connectivity index (χ1) is 10.6. The molecular weight excluding hydrogens is 321 g/mol. The summed E-state index contributed by atoms with van der Waals surface area (Å²) in [6, 6.07) is 12.8. The minimum atomic E-state index is -0.383. The summed E-state index contributed by atoms with van der Waals surface area (Å²) in [6.45, 7) is 0. The Balaban J connectivity index is 2.26. The number of carbonyl (C=O) groups is 1. The number of methoxy groups -OCH3 is 1. The number of ether oxygens (including phenoxy) is 1. The van der Waals surface area contributed by atoms with Crippen LogP contribution in [0, 0.1) is 0 Å². The van der Waals surface area contributed by atoms with Crippen LogP contribution in [0.1, 0.15) is 10.4 Å². The van der Waals surface area contributed by atoms with Crippen LogP contribution in [-0.4, -0.2) is 18.1 Å². The molecule has 2 aromatic carbocycles. The van der Waals surface area contributed by atoms with Crippen LogP contribution in [0.25, 0.3) is 22.0 Å². The molecule has 110 valence electrons. The van der Waals surface area contributed by atoms with E-state index in [1.54, 1.807) is 24.4 Å². The molecule has 0 unspecified atom stereocenters. The molecule has 0 aliphatic rings. The van der Waals surface area contributed by atoms with Gasteiger partial charge in [0.1, 0.15) is 0 Å². The number of aromatic nitrogens is 1. The van der Waals surface area contributed by atoms with Crippen molar-refractivity contribution in [1.29, 1.82) is 0 Å². The number of nitrogens with zero attached hydrogens (tertiary/aromatic N) is 1. The highest BCUT2D eigenvalue weighted by molar-refractivity contribution is 6.36. The number of rotatable bonds is 2. The molecule has 0 aliphatic heterocycles. The molecular formula is C17H11Cl2NO2. The van der Waals surface area contributed by atoms with E-state index in [-0.39, 0.29) is 5.97 Å². The molecule has 0 saturated heterocycles. The van der Waals surface area contributed by atoms with Crippen LogP contribution in [0.4, 0.5) is 0 Å². The van der Waals surface area contributed by atoms with E-state index in [0.29, 0.717) is 21.3 Å². The lowest BCUT2D eigenvalue weighted by molar-refractivity contribution is 0.0601. The molecule has 5 heteroatoms. The Kier molecular flexibility index (Phi) is 4.01. The van der Waals surface area contributed by atoms with Gasteiger partial charge in [0.05, 0.1) is 28.4 Å². The van der Waals surface area contributed by atoms with Crippen LogP contribution < -0.4 is 0 Å². The number of pyridine rings is 1. The zero-order chi connectivity index (χ0) is 15.7. The molecule has 0 saturated carbocycles. The second kappa shape index (κ2) is 5.95. The number of carbonyl (C=O) groups excluding carboxylic acids is 1. The van der Waals surface area contributed by atoms with E-state index in [1.807, 2.05) is 24.3 Å². The summed E-state index contributed by atoms with van der Waals surface area (Å²) in [7, 11) is 1.36. The summed E-state index contributed by atoms with van der Waals surface area (Å²) in [5, 5.41) is 2.80. The molecule has 1 heterocycles. The molecule has 1 aromatic heterocycles. The zero-order valence-corrected chi connectivity index (χ0v) is 13.2. The van der Waals surface area contributed by atoms with Gasteiger partial charge in [0.25, 0.3) is 0 Å². The van der Waals surface area contributed by atoms with Gasteiger partial charge in [-0.1, -0.05) is 47.5 Å². The number of hydrogen-bond acceptors (Lipinski definition) is 3. The quantitative estimate of drug-likeness (QED) is 0.620. The van der Waals surface area contributed by atoms with Gasteiger partial charge in [-0.3, -0.25) is 4.98 Å². The molecule has 3 rings (SSSR count). The summed E-state index contributed by atoms with van der Waals surface area (Å²) in [6.07, 6.45) is 1.55. The second-order valence-corrected chi connectivity index (χ2v) is 5.56. The fourth-order valence-corrected chi connectivity index (χ4v) is 2.82. The Labute approximate surface area is 137 Å². The largest absolute Gasteiger partial charge is 0.465 e. The topological polar surface area (TPSA) is 39.2 Å². The minimum absolute atomic E-state index is 0.383. The standard InChI is InChI=1S/C17H11Cl2NO2/c1-22-17(21)11-6-5-10-3-2-4-13(14(10)7-11)16-15(19)8-12(18)9-20-16/h2-9H,1H3. The molecule has 0 radical (unpaired) electrons. The first kappa shape index (κ1) is 14.8. The summed E-state index contributed by atoms with van der Waals surface area (Å²) in [4.78, 5) is 16.0. The predicted octanol–water partition coefficient (Wildman–Crippen LogP) is 5.00. The Morgan fingerprint density at radius 3 is 2.68 bits per heavy atom. The van der Waals surface area contributed by atoms with Gasteiger partial charge in [0.2, 0.25) is 0 Å². The smallest absolute Gasteiger partial charge is 0.337 e. The van der Waals surface area contributed by atoms with Gasteiger partial charge < -0.3 is 4.74 Å². The van der Waals surface area contributed by atoms with Crippen molar-refractivity contribution in [3.8, 4) is 11.3 Å². The summed E-state index contributed by atoms with van der Waals surface area (Å²) >= 11 is 12.2. The van der Waals surface area contributed by atoms with Crippen molar-refractivity contribution in [1.82, 2.24) is 4.98 Å². The number of hydrogen-bond donors (Lipinski definition) is 0. The maximum absolute atomic E-state index is 11.7. The third-order valence-electron chi connectivity index (χ3n) is 3.37. The highest BCUT2D eigenvalue weighted by Gasteiger charge is 2.12. The predicted molar refractivity (Wildman–Crippen MR) is 88.5 cm³/mol. The third-order valence-corrected chi connectivity index (χ3v) is 3.86. The number of esters is 1. The zero-order valence-electron chi connectivity index (χ0n) is 11.6. The van der Waals surface area contributed by atoms with Crippen molar-refractivity contribution in [2.24, 2.45) is 0 Å². The van der Waals surface area contributed by atoms with Crippen LogP contribution in [0.5, 0.6) is 0 Å². The molecule has 0 spiro atoms. The van der Waals surface area contributed by atoms with Crippen molar-refractivity contribution in [2.45, 2.75) is 0 Å². The number of benzene rings is 2. The third kappa shape index (κ3) is 2.65. The van der Waals surface area contributed by atoms with Crippen LogP contribution >= 0.6 is 23.2 Å². The molecule has 3 aromatic rings. The fourth-order valence-electron chi connectivity index (χ4n) is 2.34. The number of halogens is 2. The SMILES string of the molecule is COC(=O)c1ccc2cccc(-c3ncc(Cl)cc3Cl)c2c1. The van der Waals surface area contributed by atoms with Gasteiger partial charge in [-0.25, -0.2) is 4.79 Å². The van der Waals surface area contributed by atoms with Gasteiger partial charge >= 0.3 is 5.97 Å². The van der Waals surface area contributed by atoms with E-state index in [9.17, 15) is 4.79 Å². The molecule has 22 heavy (non-hydrogen) atoms. The van der Waals surface area contributed by atoms with Crippen molar-refractivity contribution in [3.05, 3.63) is 64.3 Å². The lowest BCUT2D eigenvalue weighted by Gasteiger charge is -2.09. The lowest BCUT2D eigenvalue weighted by Crippen LogP contribution is -2.00. The molecule has 0 fully saturated rings. The molecule has 0 bridgehead atoms. The Hall–Kier alpha value is -2.10. The Bertz CT molecular complexity index is 878. The summed E-state index contributed by atoms with van der Waals surface area (Å²) in [5.41, 5.74) is 1.94. The van der Waals surface area contributed by atoms with Crippen LogP contribution in [0.15, 0.2) is 48.7 Å². The molecule has 3 nitrogen and oxygen atoms in total. The van der Waals surface area contributed by atoms with E-state index in [0.717, 1.165) is 16.3 Å². The van der Waals surface area contributed by atoms with E-state index in [1.165, 1.54) is 7.11 Å². The van der Waals surface area contributed by atoms with E-state index in [4.69, 9.17) is 27.9 Å². The minimum Gasteiger partial charge on any atom is -0.465 e. The maximum atomic E-state index is 11.7. The van der Waals surface area contributed by atoms with Crippen LogP contribution in [0.3, 0.4) is 0 Å². The van der Waals surface area contributed by atoms with Crippen molar-refractivity contribution < 1.29 is 9.53 Å². The Morgan fingerprint density at radius 1 is 1.14 bits per heavy atom. The first-order valence-electron chi connectivity index (χ1n) is 6.52. The highest BCUT2D eigenvalue weighted by Crippen LogP contribution is 2.33. The maximum Gasteiger partial charge on any atom is 0.337 e. The van der Waals surface area contributed by atoms with Crippen LogP contribution in [-0.2, 0) is 4.74 Å². The second-order valence-electron chi connectivity index (χ2n) is 4.72. The Morgan fingerprint density at radius 2 is 1.95 bits per heavy atom. The van der Waals surface area contributed by atoms with Crippen molar-refractivity contribution in [2.75, 3.05) is 7.11 Å². The summed E-state index contributed by atoms with van der Waals surface area (Å²) < 4.78 is 4.77. The van der Waals surface area contributed by atoms with Crippen molar-refractivity contribution >= 4 is 39.9 Å². The van der Waals surface area contributed by atoms with E-state index in [2.05, 4.69) is 4.98 Å². The molecule has 0 aliphatic carbocycles. The fraction of sp³-hybridized carbons (Fsp3) is 0.0588.